The van der Waals surface area contributed by atoms with Crippen LogP contribution in [0.25, 0.3) is 0 Å². The summed E-state index contributed by atoms with van der Waals surface area (Å²) < 4.78 is 31.8. The first kappa shape index (κ1) is 20.2. The molecular formula is C20H32N2O6S. The molecule has 1 saturated heterocycles. The van der Waals surface area contributed by atoms with Crippen molar-refractivity contribution in [3.05, 3.63) is 0 Å². The highest BCUT2D eigenvalue weighted by molar-refractivity contribution is 7.88. The molecule has 6 aliphatic rings. The normalized spacial score (nSPS) is 46.2. The van der Waals surface area contributed by atoms with Gasteiger partial charge in [-0.25, -0.2) is 8.42 Å². The summed E-state index contributed by atoms with van der Waals surface area (Å²) in [4.78, 5) is 23.2. The van der Waals surface area contributed by atoms with Crippen molar-refractivity contribution in [3.8, 4) is 0 Å². The minimum Gasteiger partial charge on any atom is -0.369 e. The molecule has 2 N–H and O–H groups in total. The van der Waals surface area contributed by atoms with Gasteiger partial charge >= 0.3 is 0 Å². The van der Waals surface area contributed by atoms with E-state index in [2.05, 4.69) is 0 Å². The molecule has 1 heterocycles. The van der Waals surface area contributed by atoms with Gasteiger partial charge in [0.2, 0.25) is 27.5 Å². The van der Waals surface area contributed by atoms with E-state index in [0.717, 1.165) is 30.9 Å². The number of carbonyl (C=O) groups excluding carboxylic acids is 1. The fourth-order valence-electron chi connectivity index (χ4n) is 6.87. The molecule has 4 bridgehead atoms. The molecule has 0 aromatic rings. The number of carbonyl (C=O) groups is 1. The summed E-state index contributed by atoms with van der Waals surface area (Å²) in [7, 11) is -3.48. The van der Waals surface area contributed by atoms with E-state index in [1.807, 2.05) is 0 Å². The zero-order chi connectivity index (χ0) is 20.4. The van der Waals surface area contributed by atoms with E-state index >= 15 is 0 Å². The average Bonchev–Trinajstić information content (AvgIpc) is 3.00. The molecule has 9 heteroatoms. The van der Waals surface area contributed by atoms with Gasteiger partial charge in [0, 0.05) is 31.2 Å². The van der Waals surface area contributed by atoms with E-state index in [0.29, 0.717) is 31.2 Å². The predicted molar refractivity (Wildman–Crippen MR) is 103 cm³/mol. The number of nitrogens with zero attached hydrogens (tertiary/aromatic N) is 1. The molecule has 0 aromatic heterocycles. The van der Waals surface area contributed by atoms with Crippen LogP contribution >= 0.6 is 0 Å². The van der Waals surface area contributed by atoms with Crippen molar-refractivity contribution < 1.29 is 27.7 Å². The minimum absolute atomic E-state index is 0.150. The molecule has 0 aromatic carbocycles. The van der Waals surface area contributed by atoms with Crippen molar-refractivity contribution in [2.45, 2.75) is 69.4 Å². The maximum atomic E-state index is 12.0. The zero-order valence-corrected chi connectivity index (χ0v) is 17.9. The Balaban J connectivity index is 1.23. The van der Waals surface area contributed by atoms with Gasteiger partial charge < -0.3 is 10.5 Å². The topological polar surface area (TPSA) is 108 Å². The number of sulfonamides is 1. The van der Waals surface area contributed by atoms with Gasteiger partial charge in [-0.1, -0.05) is 0 Å². The molecule has 6 rings (SSSR count). The number of rotatable bonds is 5. The van der Waals surface area contributed by atoms with Gasteiger partial charge in [0.25, 0.3) is 0 Å². The average molecular weight is 429 g/mol. The summed E-state index contributed by atoms with van der Waals surface area (Å²) in [6.07, 6.45) is 10.1. The number of primary amides is 1. The van der Waals surface area contributed by atoms with Crippen LogP contribution in [-0.4, -0.2) is 49.5 Å². The molecule has 5 saturated carbocycles. The first-order chi connectivity index (χ1) is 13.7. The summed E-state index contributed by atoms with van der Waals surface area (Å²) in [5, 5.41) is 0. The van der Waals surface area contributed by atoms with Crippen LogP contribution in [0.3, 0.4) is 0 Å². The molecule has 0 unspecified atom stereocenters. The number of ether oxygens (including phenoxy) is 1. The molecule has 0 atom stereocenters. The third-order valence-electron chi connectivity index (χ3n) is 8.08. The first-order valence-electron chi connectivity index (χ1n) is 11.0. The van der Waals surface area contributed by atoms with Crippen LogP contribution in [0.15, 0.2) is 0 Å². The second kappa shape index (κ2) is 6.88. The van der Waals surface area contributed by atoms with E-state index in [1.165, 1.54) is 36.4 Å². The lowest BCUT2D eigenvalue weighted by atomic mass is 9.53. The Bertz CT molecular complexity index is 748. The minimum atomic E-state index is -3.48. The van der Waals surface area contributed by atoms with Crippen molar-refractivity contribution in [1.82, 2.24) is 4.31 Å². The van der Waals surface area contributed by atoms with Crippen LogP contribution in [0.4, 0.5) is 0 Å². The van der Waals surface area contributed by atoms with Crippen LogP contribution in [0, 0.1) is 29.6 Å². The van der Waals surface area contributed by atoms with Gasteiger partial charge in [0.05, 0.1) is 12.8 Å². The van der Waals surface area contributed by atoms with E-state index < -0.39 is 27.5 Å². The largest absolute Gasteiger partial charge is 0.369 e. The zero-order valence-electron chi connectivity index (χ0n) is 17.0. The Morgan fingerprint density at radius 2 is 1.62 bits per heavy atom. The van der Waals surface area contributed by atoms with E-state index in [-0.39, 0.29) is 12.5 Å². The van der Waals surface area contributed by atoms with Gasteiger partial charge in [-0.05, 0) is 62.7 Å². The Kier molecular flexibility index (Phi) is 4.79. The number of nitrogens with two attached hydrogens (primary N) is 1. The van der Waals surface area contributed by atoms with Gasteiger partial charge in [-0.2, -0.15) is 14.1 Å². The Hall–Kier alpha value is -0.740. The van der Waals surface area contributed by atoms with Crippen LogP contribution in [0.2, 0.25) is 0 Å². The number of amides is 1. The van der Waals surface area contributed by atoms with Crippen LogP contribution < -0.4 is 5.73 Å². The first-order valence-corrected chi connectivity index (χ1v) is 12.8. The van der Waals surface area contributed by atoms with Crippen LogP contribution in [0.5, 0.6) is 0 Å². The van der Waals surface area contributed by atoms with Crippen molar-refractivity contribution in [2.24, 2.45) is 35.3 Å². The van der Waals surface area contributed by atoms with E-state index in [4.69, 9.17) is 20.2 Å². The van der Waals surface area contributed by atoms with Crippen molar-refractivity contribution in [1.29, 1.82) is 0 Å². The molecule has 1 amide bonds. The highest BCUT2D eigenvalue weighted by Crippen LogP contribution is 2.63. The third-order valence-corrected chi connectivity index (χ3v) is 9.29. The summed E-state index contributed by atoms with van der Waals surface area (Å²) in [6.45, 7) is 0.0316. The molecular weight excluding hydrogens is 396 g/mol. The van der Waals surface area contributed by atoms with Crippen molar-refractivity contribution in [3.63, 3.8) is 0 Å². The van der Waals surface area contributed by atoms with Gasteiger partial charge in [0.1, 0.15) is 0 Å². The Morgan fingerprint density at radius 1 is 1.03 bits per heavy atom. The molecule has 5 aliphatic carbocycles. The molecule has 8 nitrogen and oxygen atoms in total. The third kappa shape index (κ3) is 3.52. The molecule has 164 valence electrons. The van der Waals surface area contributed by atoms with Crippen LogP contribution in [0.1, 0.15) is 57.8 Å². The Labute approximate surface area is 172 Å². The lowest BCUT2D eigenvalue weighted by Crippen LogP contribution is -2.59. The molecule has 2 spiro atoms. The predicted octanol–water partition coefficient (Wildman–Crippen LogP) is 1.75. The number of hydrogen-bond donors (Lipinski definition) is 1. The second-order valence-corrected chi connectivity index (χ2v) is 12.2. The lowest BCUT2D eigenvalue weighted by Gasteiger charge is -2.57. The SMILES string of the molecule is CS(=O)(=O)N(CC(N)=O)CC1CCC2(CC1)OOC1(O2)C2CC3CC(C2)CC1C3. The van der Waals surface area contributed by atoms with Crippen molar-refractivity contribution >= 4 is 15.9 Å². The fraction of sp³-hybridized carbons (Fsp3) is 0.950. The summed E-state index contributed by atoms with van der Waals surface area (Å²) >= 11 is 0. The summed E-state index contributed by atoms with van der Waals surface area (Å²) in [5.41, 5.74) is 5.22. The van der Waals surface area contributed by atoms with Gasteiger partial charge in [-0.3, -0.25) is 4.79 Å². The van der Waals surface area contributed by atoms with Gasteiger partial charge in [0.15, 0.2) is 0 Å². The van der Waals surface area contributed by atoms with E-state index in [1.54, 1.807) is 0 Å². The van der Waals surface area contributed by atoms with Crippen LogP contribution in [-0.2, 0) is 29.3 Å². The van der Waals surface area contributed by atoms with Gasteiger partial charge in [-0.15, -0.1) is 0 Å². The van der Waals surface area contributed by atoms with E-state index in [9.17, 15) is 13.2 Å². The summed E-state index contributed by atoms with van der Waals surface area (Å²) in [5.74, 6) is 0.777. The number of hydrogen-bond acceptors (Lipinski definition) is 6. The smallest absolute Gasteiger partial charge is 0.232 e. The second-order valence-electron chi connectivity index (χ2n) is 10.2. The fourth-order valence-corrected chi connectivity index (χ4v) is 7.72. The molecule has 29 heavy (non-hydrogen) atoms. The molecule has 0 radical (unpaired) electrons. The quantitative estimate of drug-likeness (QED) is 0.669. The standard InChI is InChI=1S/C20H32N2O6S/c1-29(24,25)22(12-18(21)23)11-13-2-4-19(5-3-13)26-20(28-27-19)16-7-14-6-15(9-16)10-17(20)8-14/h13-17H,2-12H2,1H3,(H2,21,23). The maximum Gasteiger partial charge on any atom is 0.232 e. The molecule has 1 aliphatic heterocycles. The molecule has 6 fully saturated rings. The highest BCUT2D eigenvalue weighted by Gasteiger charge is 2.66. The monoisotopic (exact) mass is 428 g/mol. The summed E-state index contributed by atoms with van der Waals surface area (Å²) in [6, 6.07) is 0. The maximum absolute atomic E-state index is 12.0. The lowest BCUT2D eigenvalue weighted by molar-refractivity contribution is -0.390. The Morgan fingerprint density at radius 3 is 2.14 bits per heavy atom. The highest BCUT2D eigenvalue weighted by atomic mass is 32.2. The van der Waals surface area contributed by atoms with Crippen molar-refractivity contribution in [2.75, 3.05) is 19.3 Å².